The maximum absolute atomic E-state index is 9.37. The van der Waals surface area contributed by atoms with E-state index in [9.17, 15) is 5.26 Å². The van der Waals surface area contributed by atoms with Gasteiger partial charge in [-0.25, -0.2) is 9.97 Å². The summed E-state index contributed by atoms with van der Waals surface area (Å²) in [6, 6.07) is 16.7. The van der Waals surface area contributed by atoms with Crippen LogP contribution in [0.5, 0.6) is 0 Å². The highest BCUT2D eigenvalue weighted by Gasteiger charge is 2.20. The molecule has 0 aliphatic carbocycles. The van der Waals surface area contributed by atoms with E-state index in [0.29, 0.717) is 38.8 Å². The minimum absolute atomic E-state index is 0.173. The molecule has 0 fully saturated rings. The molecule has 3 aromatic carbocycles. The van der Waals surface area contributed by atoms with E-state index in [1.165, 1.54) is 6.33 Å². The van der Waals surface area contributed by atoms with Crippen molar-refractivity contribution in [3.05, 3.63) is 71.7 Å². The third-order valence-electron chi connectivity index (χ3n) is 5.44. The molecule has 4 heteroatoms. The second-order valence-corrected chi connectivity index (χ2v) is 8.50. The van der Waals surface area contributed by atoms with E-state index in [2.05, 4.69) is 36.8 Å². The summed E-state index contributed by atoms with van der Waals surface area (Å²) < 4.78 is 30.7. The van der Waals surface area contributed by atoms with Crippen LogP contribution in [-0.4, -0.2) is 9.97 Å². The molecule has 0 atom stereocenters. The van der Waals surface area contributed by atoms with Crippen LogP contribution in [0.25, 0.3) is 44.0 Å². The van der Waals surface area contributed by atoms with Gasteiger partial charge in [0.05, 0.1) is 17.3 Å². The van der Waals surface area contributed by atoms with Gasteiger partial charge in [0.1, 0.15) is 17.5 Å². The van der Waals surface area contributed by atoms with Crippen LogP contribution in [0.2, 0.25) is 0 Å². The molecular formula is C26H21N3O. The zero-order chi connectivity index (χ0) is 23.5. The van der Waals surface area contributed by atoms with Gasteiger partial charge < -0.3 is 4.42 Å². The molecule has 0 bridgehead atoms. The molecule has 0 radical (unpaired) electrons. The van der Waals surface area contributed by atoms with Crippen LogP contribution >= 0.6 is 0 Å². The average molecular weight is 394 g/mol. The number of hydrogen-bond acceptors (Lipinski definition) is 4. The number of nitriles is 1. The smallest absolute Gasteiger partial charge is 0.145 e. The molecule has 0 N–H and O–H groups in total. The first-order valence-corrected chi connectivity index (χ1v) is 9.73. The summed E-state index contributed by atoms with van der Waals surface area (Å²) in [5, 5.41) is 12.3. The number of rotatable bonds is 1. The third kappa shape index (κ3) is 2.74. The van der Waals surface area contributed by atoms with Gasteiger partial charge in [0.15, 0.2) is 0 Å². The van der Waals surface area contributed by atoms with Crippen molar-refractivity contribution >= 4 is 32.7 Å². The summed E-state index contributed by atoms with van der Waals surface area (Å²) in [6.07, 6.45) is 1.52. The molecule has 2 heterocycles. The normalized spacial score (nSPS) is 13.9. The summed E-state index contributed by atoms with van der Waals surface area (Å²) in [5.41, 5.74) is 3.83. The van der Waals surface area contributed by atoms with Crippen molar-refractivity contribution in [3.63, 3.8) is 0 Å². The summed E-state index contributed by atoms with van der Waals surface area (Å²) in [5.74, 6) is 0. The Morgan fingerprint density at radius 2 is 1.80 bits per heavy atom. The van der Waals surface area contributed by atoms with Crippen molar-refractivity contribution in [3.8, 4) is 17.3 Å². The van der Waals surface area contributed by atoms with E-state index in [4.69, 9.17) is 8.53 Å². The Morgan fingerprint density at radius 3 is 2.57 bits per heavy atom. The van der Waals surface area contributed by atoms with Crippen LogP contribution in [0, 0.1) is 18.2 Å². The minimum Gasteiger partial charge on any atom is -0.455 e. The molecule has 0 unspecified atom stereocenters. The first-order valence-electron chi connectivity index (χ1n) is 11.2. The summed E-state index contributed by atoms with van der Waals surface area (Å²) in [7, 11) is 0. The highest BCUT2D eigenvalue weighted by atomic mass is 16.3. The van der Waals surface area contributed by atoms with Crippen LogP contribution in [0.1, 0.15) is 41.7 Å². The van der Waals surface area contributed by atoms with Gasteiger partial charge in [0.25, 0.3) is 0 Å². The van der Waals surface area contributed by atoms with E-state index >= 15 is 0 Å². The van der Waals surface area contributed by atoms with Gasteiger partial charge in [-0.1, -0.05) is 39.0 Å². The first kappa shape index (κ1) is 15.2. The highest BCUT2D eigenvalue weighted by Crippen LogP contribution is 2.40. The van der Waals surface area contributed by atoms with Gasteiger partial charge in [0, 0.05) is 36.9 Å². The first-order chi connectivity index (χ1) is 15.6. The molecule has 30 heavy (non-hydrogen) atoms. The molecular weight excluding hydrogens is 370 g/mol. The SMILES string of the molecule is [2H]C([2H])([2H])c1ccc(-c2cc(C(C)(C)C)ncn2)c2oc3c4cc(C#N)ccc4ccc3c12. The molecule has 146 valence electrons. The Balaban J connectivity index is 1.92. The number of aromatic nitrogens is 2. The number of furan rings is 1. The highest BCUT2D eigenvalue weighted by molar-refractivity contribution is 6.18. The lowest BCUT2D eigenvalue weighted by Crippen LogP contribution is -2.13. The molecule has 5 rings (SSSR count). The zero-order valence-electron chi connectivity index (χ0n) is 19.9. The lowest BCUT2D eigenvalue weighted by atomic mass is 9.91. The number of aryl methyl sites for hydroxylation is 1. The van der Waals surface area contributed by atoms with E-state index in [1.54, 1.807) is 24.3 Å². The van der Waals surface area contributed by atoms with Gasteiger partial charge in [-0.05, 0) is 48.1 Å². The van der Waals surface area contributed by atoms with Gasteiger partial charge in [-0.15, -0.1) is 0 Å². The van der Waals surface area contributed by atoms with Gasteiger partial charge in [0.2, 0.25) is 0 Å². The lowest BCUT2D eigenvalue weighted by Gasteiger charge is -2.17. The molecule has 0 saturated carbocycles. The van der Waals surface area contributed by atoms with Crippen molar-refractivity contribution in [2.45, 2.75) is 33.0 Å². The molecule has 0 amide bonds. The maximum atomic E-state index is 9.37. The molecule has 0 aliphatic rings. The summed E-state index contributed by atoms with van der Waals surface area (Å²) in [4.78, 5) is 8.88. The quantitative estimate of drug-likeness (QED) is 0.318. The third-order valence-corrected chi connectivity index (χ3v) is 5.44. The fourth-order valence-electron chi connectivity index (χ4n) is 3.84. The van der Waals surface area contributed by atoms with Crippen molar-refractivity contribution in [1.29, 1.82) is 5.26 Å². The standard InChI is InChI=1S/C26H21N3O/c1-15-5-9-18(21-12-22(26(2,3)4)29-14-28-21)25-23(15)19-10-8-17-7-6-16(13-27)11-20(17)24(19)30-25/h5-12,14H,1-4H3/i1D3. The van der Waals surface area contributed by atoms with E-state index in [1.807, 2.05) is 24.3 Å². The van der Waals surface area contributed by atoms with Crippen LogP contribution in [0.15, 0.2) is 59.3 Å². The maximum Gasteiger partial charge on any atom is 0.145 e. The zero-order valence-corrected chi connectivity index (χ0v) is 16.9. The van der Waals surface area contributed by atoms with Crippen molar-refractivity contribution in [2.75, 3.05) is 0 Å². The number of fused-ring (bicyclic) bond motifs is 5. The van der Waals surface area contributed by atoms with E-state index < -0.39 is 6.85 Å². The fraction of sp³-hybridized carbons (Fsp3) is 0.192. The fourth-order valence-corrected chi connectivity index (χ4v) is 3.84. The molecule has 4 nitrogen and oxygen atoms in total. The molecule has 2 aromatic heterocycles. The monoisotopic (exact) mass is 394 g/mol. The second-order valence-electron chi connectivity index (χ2n) is 8.50. The van der Waals surface area contributed by atoms with Crippen molar-refractivity contribution in [1.82, 2.24) is 9.97 Å². The van der Waals surface area contributed by atoms with Crippen LogP contribution in [0.3, 0.4) is 0 Å². The molecule has 5 aromatic rings. The van der Waals surface area contributed by atoms with Crippen LogP contribution in [-0.2, 0) is 5.41 Å². The summed E-state index contributed by atoms with van der Waals surface area (Å²) >= 11 is 0. The molecule has 0 spiro atoms. The number of benzene rings is 3. The predicted octanol–water partition coefficient (Wildman–Crippen LogP) is 6.67. The van der Waals surface area contributed by atoms with Crippen LogP contribution < -0.4 is 0 Å². The Hall–Kier alpha value is -3.71. The van der Waals surface area contributed by atoms with Gasteiger partial charge in [-0.2, -0.15) is 5.26 Å². The van der Waals surface area contributed by atoms with Gasteiger partial charge in [-0.3, -0.25) is 0 Å². The topological polar surface area (TPSA) is 62.7 Å². The predicted molar refractivity (Wildman–Crippen MR) is 120 cm³/mol. The Kier molecular flexibility index (Phi) is 3.24. The van der Waals surface area contributed by atoms with Crippen molar-refractivity contribution in [2.24, 2.45) is 0 Å². The Labute approximate surface area is 179 Å². The number of nitrogens with zero attached hydrogens (tertiary/aromatic N) is 3. The summed E-state index contributed by atoms with van der Waals surface area (Å²) in [6.45, 7) is 3.91. The molecule has 0 aliphatic heterocycles. The second kappa shape index (κ2) is 6.40. The van der Waals surface area contributed by atoms with E-state index in [-0.39, 0.29) is 11.0 Å². The lowest BCUT2D eigenvalue weighted by molar-refractivity contribution is 0.567. The van der Waals surface area contributed by atoms with Crippen LogP contribution in [0.4, 0.5) is 0 Å². The van der Waals surface area contributed by atoms with Gasteiger partial charge >= 0.3 is 0 Å². The van der Waals surface area contributed by atoms with Crippen molar-refractivity contribution < 1.29 is 8.53 Å². The largest absolute Gasteiger partial charge is 0.455 e. The Bertz CT molecular complexity index is 1600. The van der Waals surface area contributed by atoms with E-state index in [0.717, 1.165) is 16.5 Å². The number of hydrogen-bond donors (Lipinski definition) is 0. The Morgan fingerprint density at radius 1 is 0.967 bits per heavy atom. The molecule has 0 saturated heterocycles. The average Bonchev–Trinajstić information content (AvgIpc) is 3.17. The minimum atomic E-state index is -2.32.